The van der Waals surface area contributed by atoms with Crippen molar-refractivity contribution in [2.75, 3.05) is 13.1 Å². The molecule has 1 aliphatic heterocycles. The summed E-state index contributed by atoms with van der Waals surface area (Å²) in [6, 6.07) is 2.06. The van der Waals surface area contributed by atoms with E-state index < -0.39 is 0 Å². The molecule has 1 fully saturated rings. The monoisotopic (exact) mass is 221 g/mol. The van der Waals surface area contributed by atoms with Gasteiger partial charge in [-0.25, -0.2) is 4.98 Å². The summed E-state index contributed by atoms with van der Waals surface area (Å²) >= 11 is 6.22. The minimum atomic E-state index is 0.605. The molecule has 0 aliphatic carbocycles. The number of pyridine rings is 1. The van der Waals surface area contributed by atoms with Gasteiger partial charge in [0.25, 0.3) is 0 Å². The maximum absolute atomic E-state index is 6.22. The second kappa shape index (κ2) is 3.22. The van der Waals surface area contributed by atoms with Crippen molar-refractivity contribution in [1.29, 1.82) is 0 Å². The first-order chi connectivity index (χ1) is 7.25. The zero-order valence-electron chi connectivity index (χ0n) is 8.50. The summed E-state index contributed by atoms with van der Waals surface area (Å²) in [5.74, 6) is 1.59. The molecule has 0 bridgehead atoms. The van der Waals surface area contributed by atoms with E-state index in [9.17, 15) is 0 Å². The molecule has 0 radical (unpaired) electrons. The largest absolute Gasteiger partial charge is 0.315 e. The van der Waals surface area contributed by atoms with Gasteiger partial charge < -0.3 is 9.72 Å². The zero-order valence-corrected chi connectivity index (χ0v) is 9.25. The Morgan fingerprint density at radius 3 is 3.00 bits per heavy atom. The van der Waals surface area contributed by atoms with E-state index in [4.69, 9.17) is 11.6 Å². The SMILES string of the molecule is Cc1ncc2c(Cl)cc(C3CNC3)cn12. The van der Waals surface area contributed by atoms with E-state index >= 15 is 0 Å². The van der Waals surface area contributed by atoms with Crippen LogP contribution >= 0.6 is 11.6 Å². The number of halogens is 1. The Kier molecular flexibility index (Phi) is 1.97. The number of hydrogen-bond donors (Lipinski definition) is 1. The zero-order chi connectivity index (χ0) is 10.4. The summed E-state index contributed by atoms with van der Waals surface area (Å²) in [7, 11) is 0. The van der Waals surface area contributed by atoms with Crippen LogP contribution < -0.4 is 5.32 Å². The second-order valence-electron chi connectivity index (χ2n) is 4.04. The number of aromatic nitrogens is 2. The molecule has 1 saturated heterocycles. The van der Waals surface area contributed by atoms with Crippen molar-refractivity contribution in [3.8, 4) is 0 Å². The van der Waals surface area contributed by atoms with Crippen LogP contribution in [0.3, 0.4) is 0 Å². The Bertz CT molecular complexity index is 514. The molecule has 2 aromatic rings. The predicted molar refractivity (Wildman–Crippen MR) is 60.5 cm³/mol. The molecular formula is C11H12ClN3. The molecule has 3 nitrogen and oxygen atoms in total. The first-order valence-corrected chi connectivity index (χ1v) is 5.47. The number of aryl methyl sites for hydroxylation is 1. The van der Waals surface area contributed by atoms with E-state index in [1.165, 1.54) is 5.56 Å². The third-order valence-corrected chi connectivity index (χ3v) is 3.35. The lowest BCUT2D eigenvalue weighted by atomic mass is 9.95. The molecule has 15 heavy (non-hydrogen) atoms. The van der Waals surface area contributed by atoms with Gasteiger partial charge in [-0.2, -0.15) is 0 Å². The van der Waals surface area contributed by atoms with Crippen LogP contribution in [0.25, 0.3) is 5.52 Å². The number of fused-ring (bicyclic) bond motifs is 1. The third kappa shape index (κ3) is 1.34. The quantitative estimate of drug-likeness (QED) is 0.798. The maximum Gasteiger partial charge on any atom is 0.110 e. The number of nitrogens with zero attached hydrogens (tertiary/aromatic N) is 2. The average molecular weight is 222 g/mol. The summed E-state index contributed by atoms with van der Waals surface area (Å²) in [6.07, 6.45) is 3.97. The van der Waals surface area contributed by atoms with E-state index in [0.29, 0.717) is 5.92 Å². The van der Waals surface area contributed by atoms with Gasteiger partial charge in [0.1, 0.15) is 5.82 Å². The topological polar surface area (TPSA) is 29.3 Å². The van der Waals surface area contributed by atoms with Gasteiger partial charge in [0.15, 0.2) is 0 Å². The minimum Gasteiger partial charge on any atom is -0.315 e. The molecule has 4 heteroatoms. The van der Waals surface area contributed by atoms with E-state index in [-0.39, 0.29) is 0 Å². The Morgan fingerprint density at radius 2 is 2.33 bits per heavy atom. The van der Waals surface area contributed by atoms with E-state index in [2.05, 4.69) is 27.0 Å². The van der Waals surface area contributed by atoms with Gasteiger partial charge >= 0.3 is 0 Å². The highest BCUT2D eigenvalue weighted by atomic mass is 35.5. The number of nitrogens with one attached hydrogen (secondary N) is 1. The summed E-state index contributed by atoms with van der Waals surface area (Å²) in [5.41, 5.74) is 2.29. The Balaban J connectivity index is 2.20. The van der Waals surface area contributed by atoms with Crippen LogP contribution in [0, 0.1) is 6.92 Å². The van der Waals surface area contributed by atoms with Crippen LogP contribution in [0.15, 0.2) is 18.5 Å². The lowest BCUT2D eigenvalue weighted by Gasteiger charge is -2.27. The van der Waals surface area contributed by atoms with Crippen molar-refractivity contribution >= 4 is 17.1 Å². The number of hydrogen-bond acceptors (Lipinski definition) is 2. The average Bonchev–Trinajstić information content (AvgIpc) is 2.46. The first-order valence-electron chi connectivity index (χ1n) is 5.09. The molecule has 2 aromatic heterocycles. The molecule has 0 amide bonds. The van der Waals surface area contributed by atoms with E-state index in [1.807, 2.05) is 13.1 Å². The predicted octanol–water partition coefficient (Wildman–Crippen LogP) is 1.98. The van der Waals surface area contributed by atoms with Crippen LogP contribution in [0.2, 0.25) is 5.02 Å². The van der Waals surface area contributed by atoms with Crippen molar-refractivity contribution < 1.29 is 0 Å². The van der Waals surface area contributed by atoms with E-state index in [0.717, 1.165) is 29.5 Å². The van der Waals surface area contributed by atoms with Crippen LogP contribution in [-0.2, 0) is 0 Å². The molecule has 78 valence electrons. The van der Waals surface area contributed by atoms with Crippen LogP contribution in [0.5, 0.6) is 0 Å². The highest BCUT2D eigenvalue weighted by Gasteiger charge is 2.20. The van der Waals surface area contributed by atoms with Crippen molar-refractivity contribution in [2.24, 2.45) is 0 Å². The van der Waals surface area contributed by atoms with Gasteiger partial charge in [-0.1, -0.05) is 11.6 Å². The van der Waals surface area contributed by atoms with E-state index in [1.54, 1.807) is 0 Å². The summed E-state index contributed by atoms with van der Waals surface area (Å²) in [4.78, 5) is 4.26. The fourth-order valence-corrected chi connectivity index (χ4v) is 2.21. The van der Waals surface area contributed by atoms with Crippen molar-refractivity contribution in [3.63, 3.8) is 0 Å². The standard InChI is InChI=1S/C11H12ClN3/c1-7-14-5-11-10(12)2-8(6-15(7)11)9-3-13-4-9/h2,5-6,9,13H,3-4H2,1H3. The van der Waals surface area contributed by atoms with Crippen LogP contribution in [0.4, 0.5) is 0 Å². The molecule has 0 unspecified atom stereocenters. The Morgan fingerprint density at radius 1 is 1.53 bits per heavy atom. The lowest BCUT2D eigenvalue weighted by Crippen LogP contribution is -2.39. The molecule has 0 saturated carbocycles. The van der Waals surface area contributed by atoms with Crippen LogP contribution in [-0.4, -0.2) is 22.5 Å². The fraction of sp³-hybridized carbons (Fsp3) is 0.364. The van der Waals surface area contributed by atoms with Gasteiger partial charge in [0.2, 0.25) is 0 Å². The van der Waals surface area contributed by atoms with Gasteiger partial charge in [-0.3, -0.25) is 0 Å². The normalized spacial score (nSPS) is 16.9. The fourth-order valence-electron chi connectivity index (χ4n) is 1.95. The molecule has 3 rings (SSSR count). The van der Waals surface area contributed by atoms with Gasteiger partial charge in [-0.15, -0.1) is 0 Å². The third-order valence-electron chi connectivity index (χ3n) is 3.05. The Hall–Kier alpha value is -1.06. The molecule has 1 aliphatic rings. The van der Waals surface area contributed by atoms with Gasteiger partial charge in [-0.05, 0) is 18.6 Å². The molecular weight excluding hydrogens is 210 g/mol. The molecule has 0 aromatic carbocycles. The molecule has 3 heterocycles. The second-order valence-corrected chi connectivity index (χ2v) is 4.44. The number of rotatable bonds is 1. The molecule has 1 N–H and O–H groups in total. The smallest absolute Gasteiger partial charge is 0.110 e. The highest BCUT2D eigenvalue weighted by molar-refractivity contribution is 6.33. The number of imidazole rings is 1. The lowest BCUT2D eigenvalue weighted by molar-refractivity contribution is 0.447. The van der Waals surface area contributed by atoms with Gasteiger partial charge in [0, 0.05) is 25.2 Å². The van der Waals surface area contributed by atoms with Gasteiger partial charge in [0.05, 0.1) is 16.7 Å². The van der Waals surface area contributed by atoms with Crippen molar-refractivity contribution in [1.82, 2.24) is 14.7 Å². The van der Waals surface area contributed by atoms with Crippen molar-refractivity contribution in [3.05, 3.63) is 34.9 Å². The summed E-state index contributed by atoms with van der Waals surface area (Å²) < 4.78 is 2.07. The summed E-state index contributed by atoms with van der Waals surface area (Å²) in [6.45, 7) is 4.09. The molecule has 0 atom stereocenters. The van der Waals surface area contributed by atoms with Crippen molar-refractivity contribution in [2.45, 2.75) is 12.8 Å². The van der Waals surface area contributed by atoms with Crippen LogP contribution in [0.1, 0.15) is 17.3 Å². The highest BCUT2D eigenvalue weighted by Crippen LogP contribution is 2.26. The maximum atomic E-state index is 6.22. The molecule has 0 spiro atoms. The minimum absolute atomic E-state index is 0.605. The summed E-state index contributed by atoms with van der Waals surface area (Å²) in [5, 5.41) is 4.06. The Labute approximate surface area is 93.1 Å². The first kappa shape index (κ1) is 9.19.